The molecular formula is C14H13N3O2. The lowest BCUT2D eigenvalue weighted by atomic mass is 10.1. The molecule has 0 unspecified atom stereocenters. The lowest BCUT2D eigenvalue weighted by Crippen LogP contribution is -2.30. The second-order valence-electron chi connectivity index (χ2n) is 3.95. The van der Waals surface area contributed by atoms with E-state index in [1.807, 2.05) is 30.3 Å². The number of amides is 2. The van der Waals surface area contributed by atoms with Gasteiger partial charge in [0.1, 0.15) is 5.82 Å². The number of urea groups is 1. The third kappa shape index (κ3) is 3.45. The van der Waals surface area contributed by atoms with Crippen LogP contribution in [0.25, 0.3) is 0 Å². The van der Waals surface area contributed by atoms with E-state index in [2.05, 4.69) is 10.2 Å². The molecule has 1 aromatic heterocycles. The predicted molar refractivity (Wildman–Crippen MR) is 72.9 cm³/mol. The second kappa shape index (κ2) is 6.39. The molecule has 0 bridgehead atoms. The zero-order chi connectivity index (χ0) is 13.5. The molecule has 0 atom stereocenters. The monoisotopic (exact) mass is 255 g/mol. The summed E-state index contributed by atoms with van der Waals surface area (Å²) >= 11 is 0. The molecule has 96 valence electrons. The van der Waals surface area contributed by atoms with Gasteiger partial charge < -0.3 is 0 Å². The van der Waals surface area contributed by atoms with Crippen molar-refractivity contribution < 1.29 is 4.79 Å². The maximum atomic E-state index is 11.5. The fraction of sp³-hybridized carbons (Fsp3) is 0.143. The summed E-state index contributed by atoms with van der Waals surface area (Å²) in [5, 5.41) is 2.47. The smallest absolute Gasteiger partial charge is 0.274 e. The first-order valence-corrected chi connectivity index (χ1v) is 5.91. The zero-order valence-electron chi connectivity index (χ0n) is 10.3. The first-order valence-electron chi connectivity index (χ1n) is 5.91. The van der Waals surface area contributed by atoms with Crippen molar-refractivity contribution in [1.29, 1.82) is 0 Å². The number of rotatable bonds is 4. The molecule has 2 amide bonds. The highest BCUT2D eigenvalue weighted by Gasteiger charge is 2.16. The van der Waals surface area contributed by atoms with Gasteiger partial charge in [0.25, 0.3) is 0 Å². The van der Waals surface area contributed by atoms with Gasteiger partial charge in [-0.05, 0) is 24.1 Å². The molecule has 0 spiro atoms. The van der Waals surface area contributed by atoms with E-state index in [0.717, 1.165) is 5.56 Å². The van der Waals surface area contributed by atoms with Crippen LogP contribution in [0.2, 0.25) is 0 Å². The fourth-order valence-electron chi connectivity index (χ4n) is 1.76. The van der Waals surface area contributed by atoms with Crippen LogP contribution < -0.4 is 4.90 Å². The largest absolute Gasteiger partial charge is 0.386 e. The molecule has 0 aliphatic rings. The molecule has 0 radical (unpaired) electrons. The molecule has 5 nitrogen and oxygen atoms in total. The van der Waals surface area contributed by atoms with E-state index in [9.17, 15) is 9.70 Å². The van der Waals surface area contributed by atoms with Gasteiger partial charge in [0.2, 0.25) is 0 Å². The van der Waals surface area contributed by atoms with Gasteiger partial charge in [-0.15, -0.1) is 4.91 Å². The topological polar surface area (TPSA) is 62.6 Å². The highest BCUT2D eigenvalue weighted by atomic mass is 16.3. The Kier molecular flexibility index (Phi) is 4.34. The minimum absolute atomic E-state index is 0.367. The second-order valence-corrected chi connectivity index (χ2v) is 3.95. The van der Waals surface area contributed by atoms with Crippen molar-refractivity contribution in [1.82, 2.24) is 4.98 Å². The third-order valence-electron chi connectivity index (χ3n) is 2.70. The molecule has 0 saturated carbocycles. The number of benzene rings is 1. The van der Waals surface area contributed by atoms with Gasteiger partial charge in [0.05, 0.1) is 0 Å². The highest BCUT2D eigenvalue weighted by Crippen LogP contribution is 2.12. The quantitative estimate of drug-likeness (QED) is 0.789. The van der Waals surface area contributed by atoms with Crippen molar-refractivity contribution >= 4 is 11.8 Å². The highest BCUT2D eigenvalue weighted by molar-refractivity contribution is 5.91. The number of nitrogens with zero attached hydrogens (tertiary/aromatic N) is 3. The van der Waals surface area contributed by atoms with E-state index in [-0.39, 0.29) is 0 Å². The van der Waals surface area contributed by atoms with E-state index < -0.39 is 6.03 Å². The summed E-state index contributed by atoms with van der Waals surface area (Å²) in [4.78, 5) is 27.3. The van der Waals surface area contributed by atoms with E-state index in [1.54, 1.807) is 24.4 Å². The maximum Gasteiger partial charge on any atom is 0.386 e. The van der Waals surface area contributed by atoms with Crippen molar-refractivity contribution in [3.8, 4) is 0 Å². The first-order chi connectivity index (χ1) is 9.31. The number of carbonyl (C=O) groups is 1. The summed E-state index contributed by atoms with van der Waals surface area (Å²) in [6.07, 6.45) is 2.21. The minimum atomic E-state index is -0.824. The van der Waals surface area contributed by atoms with Crippen molar-refractivity contribution in [2.24, 2.45) is 5.18 Å². The lowest BCUT2D eigenvalue weighted by Gasteiger charge is -2.17. The first kappa shape index (κ1) is 12.9. The molecule has 0 aliphatic carbocycles. The van der Waals surface area contributed by atoms with Crippen molar-refractivity contribution in [3.63, 3.8) is 0 Å². The van der Waals surface area contributed by atoms with Crippen LogP contribution >= 0.6 is 0 Å². The number of hydrogen-bond donors (Lipinski definition) is 0. The van der Waals surface area contributed by atoms with E-state index >= 15 is 0 Å². The van der Waals surface area contributed by atoms with Gasteiger partial charge in [-0.2, -0.15) is 0 Å². The average molecular weight is 255 g/mol. The molecule has 5 heteroatoms. The summed E-state index contributed by atoms with van der Waals surface area (Å²) in [7, 11) is 0. The Morgan fingerprint density at radius 2 is 1.84 bits per heavy atom. The summed E-state index contributed by atoms with van der Waals surface area (Å²) in [5.41, 5.74) is 1.09. The fourth-order valence-corrected chi connectivity index (χ4v) is 1.76. The van der Waals surface area contributed by atoms with Gasteiger partial charge in [0, 0.05) is 17.9 Å². The Morgan fingerprint density at radius 1 is 1.11 bits per heavy atom. The van der Waals surface area contributed by atoms with Crippen LogP contribution in [-0.4, -0.2) is 17.6 Å². The number of nitroso groups, excluding NO2 is 1. The number of carbonyl (C=O) groups excluding carboxylic acids is 1. The van der Waals surface area contributed by atoms with Crippen LogP contribution in [0.4, 0.5) is 10.6 Å². The number of aromatic nitrogens is 1. The summed E-state index contributed by atoms with van der Waals surface area (Å²) in [6.45, 7) is 0.367. The third-order valence-corrected chi connectivity index (χ3v) is 2.70. The number of anilines is 1. The standard InChI is InChI=1S/C14H13N3O2/c18-14(16-19)17(13-8-4-5-10-15-13)11-9-12-6-2-1-3-7-12/h1-8,10H,9,11H2. The molecule has 1 aromatic carbocycles. The Hall–Kier alpha value is -2.56. The van der Waals surface area contributed by atoms with Crippen LogP contribution in [-0.2, 0) is 6.42 Å². The average Bonchev–Trinajstić information content (AvgIpc) is 2.49. The van der Waals surface area contributed by atoms with Crippen molar-refractivity contribution in [3.05, 3.63) is 65.2 Å². The Balaban J connectivity index is 2.11. The van der Waals surface area contributed by atoms with E-state index in [4.69, 9.17) is 0 Å². The number of pyridine rings is 1. The summed E-state index contributed by atoms with van der Waals surface area (Å²) < 4.78 is 0. The van der Waals surface area contributed by atoms with Crippen LogP contribution in [0.15, 0.2) is 59.9 Å². The van der Waals surface area contributed by atoms with Crippen LogP contribution in [0.5, 0.6) is 0 Å². The van der Waals surface area contributed by atoms with Gasteiger partial charge in [-0.3, -0.25) is 4.90 Å². The van der Waals surface area contributed by atoms with Crippen LogP contribution in [0.3, 0.4) is 0 Å². The molecule has 0 fully saturated rings. The molecule has 0 N–H and O–H groups in total. The molecule has 2 rings (SSSR count). The lowest BCUT2D eigenvalue weighted by molar-refractivity contribution is 0.254. The molecule has 1 heterocycles. The van der Waals surface area contributed by atoms with Gasteiger partial charge >= 0.3 is 6.03 Å². The zero-order valence-corrected chi connectivity index (χ0v) is 10.3. The molecule has 2 aromatic rings. The minimum Gasteiger partial charge on any atom is -0.274 e. The Morgan fingerprint density at radius 3 is 2.47 bits per heavy atom. The molecule has 19 heavy (non-hydrogen) atoms. The molecular weight excluding hydrogens is 242 g/mol. The summed E-state index contributed by atoms with van der Waals surface area (Å²) in [5.74, 6) is 0.433. The van der Waals surface area contributed by atoms with E-state index in [0.29, 0.717) is 18.8 Å². The number of hydrogen-bond acceptors (Lipinski definition) is 3. The van der Waals surface area contributed by atoms with Crippen LogP contribution in [0.1, 0.15) is 5.56 Å². The van der Waals surface area contributed by atoms with Crippen LogP contribution in [0, 0.1) is 4.91 Å². The van der Waals surface area contributed by atoms with Crippen molar-refractivity contribution in [2.75, 3.05) is 11.4 Å². The van der Waals surface area contributed by atoms with E-state index in [1.165, 1.54) is 4.90 Å². The van der Waals surface area contributed by atoms with Gasteiger partial charge in [-0.25, -0.2) is 9.78 Å². The van der Waals surface area contributed by atoms with Crippen molar-refractivity contribution in [2.45, 2.75) is 6.42 Å². The normalized spacial score (nSPS) is 9.89. The molecule has 0 aliphatic heterocycles. The summed E-state index contributed by atoms with van der Waals surface area (Å²) in [6, 6.07) is 14.1. The van der Waals surface area contributed by atoms with Gasteiger partial charge in [0.15, 0.2) is 0 Å². The maximum absolute atomic E-state index is 11.5. The Bertz CT molecular complexity index is 543. The predicted octanol–water partition coefficient (Wildman–Crippen LogP) is 3.02. The molecule has 0 saturated heterocycles. The van der Waals surface area contributed by atoms with Gasteiger partial charge in [-0.1, -0.05) is 36.4 Å². The Labute approximate surface area is 110 Å². The SMILES string of the molecule is O=NC(=O)N(CCc1ccccc1)c1ccccn1.